The van der Waals surface area contributed by atoms with Crippen LogP contribution in [0.1, 0.15) is 33.3 Å². The summed E-state index contributed by atoms with van der Waals surface area (Å²) < 4.78 is 0. The van der Waals surface area contributed by atoms with Gasteiger partial charge in [0.25, 0.3) is 0 Å². The van der Waals surface area contributed by atoms with Gasteiger partial charge in [-0.1, -0.05) is 32.9 Å². The summed E-state index contributed by atoms with van der Waals surface area (Å²) in [6.07, 6.45) is 0. The SMILES string of the molecule is CNCC1Sc2cccc(C(C)(C)C)c2NC1C. The first-order chi connectivity index (χ1) is 8.43. The number of fused-ring (bicyclic) bond motifs is 1. The third kappa shape index (κ3) is 2.67. The van der Waals surface area contributed by atoms with Gasteiger partial charge in [-0.05, 0) is 31.0 Å². The molecular formula is C15H24N2S. The number of hydrogen-bond acceptors (Lipinski definition) is 3. The summed E-state index contributed by atoms with van der Waals surface area (Å²) in [5.41, 5.74) is 2.95. The van der Waals surface area contributed by atoms with Crippen LogP contribution in [0.4, 0.5) is 5.69 Å². The van der Waals surface area contributed by atoms with E-state index in [0.717, 1.165) is 6.54 Å². The van der Waals surface area contributed by atoms with Crippen molar-refractivity contribution < 1.29 is 0 Å². The van der Waals surface area contributed by atoms with E-state index in [1.807, 2.05) is 18.8 Å². The summed E-state index contributed by atoms with van der Waals surface area (Å²) >= 11 is 1.99. The Morgan fingerprint density at radius 1 is 1.33 bits per heavy atom. The predicted octanol–water partition coefficient (Wildman–Crippen LogP) is 3.48. The fraction of sp³-hybridized carbons (Fsp3) is 0.600. The summed E-state index contributed by atoms with van der Waals surface area (Å²) in [5.74, 6) is 0. The Morgan fingerprint density at radius 2 is 2.06 bits per heavy atom. The van der Waals surface area contributed by atoms with Crippen LogP contribution in [0.2, 0.25) is 0 Å². The Morgan fingerprint density at radius 3 is 2.67 bits per heavy atom. The molecule has 0 aliphatic carbocycles. The lowest BCUT2D eigenvalue weighted by atomic mass is 9.85. The van der Waals surface area contributed by atoms with Crippen LogP contribution in [-0.2, 0) is 5.41 Å². The molecule has 2 atom stereocenters. The van der Waals surface area contributed by atoms with Crippen LogP contribution in [-0.4, -0.2) is 24.9 Å². The lowest BCUT2D eigenvalue weighted by Crippen LogP contribution is -2.39. The summed E-state index contributed by atoms with van der Waals surface area (Å²) in [6, 6.07) is 7.16. The molecule has 0 spiro atoms. The molecule has 1 aliphatic rings. The highest BCUT2D eigenvalue weighted by molar-refractivity contribution is 8.00. The van der Waals surface area contributed by atoms with Crippen LogP contribution in [0.5, 0.6) is 0 Å². The van der Waals surface area contributed by atoms with Gasteiger partial charge in [-0.2, -0.15) is 0 Å². The van der Waals surface area contributed by atoms with Crippen molar-refractivity contribution in [3.8, 4) is 0 Å². The maximum absolute atomic E-state index is 3.71. The Labute approximate surface area is 115 Å². The highest BCUT2D eigenvalue weighted by atomic mass is 32.2. The first-order valence-electron chi connectivity index (χ1n) is 6.65. The second-order valence-corrected chi connectivity index (χ2v) is 7.36. The number of nitrogens with one attached hydrogen (secondary N) is 2. The van der Waals surface area contributed by atoms with E-state index >= 15 is 0 Å². The molecule has 1 aromatic rings. The second kappa shape index (κ2) is 5.14. The van der Waals surface area contributed by atoms with Crippen molar-refractivity contribution in [2.45, 2.75) is 49.3 Å². The Hall–Kier alpha value is -0.670. The van der Waals surface area contributed by atoms with Gasteiger partial charge >= 0.3 is 0 Å². The lowest BCUT2D eigenvalue weighted by molar-refractivity contribution is 0.585. The molecule has 0 saturated carbocycles. The molecule has 2 nitrogen and oxygen atoms in total. The van der Waals surface area contributed by atoms with Gasteiger partial charge < -0.3 is 10.6 Å². The first kappa shape index (κ1) is 13.8. The minimum absolute atomic E-state index is 0.189. The van der Waals surface area contributed by atoms with Gasteiger partial charge in [0.15, 0.2) is 0 Å². The van der Waals surface area contributed by atoms with Crippen LogP contribution in [0.25, 0.3) is 0 Å². The minimum Gasteiger partial charge on any atom is -0.380 e. The van der Waals surface area contributed by atoms with Crippen molar-refractivity contribution >= 4 is 17.4 Å². The maximum Gasteiger partial charge on any atom is 0.0518 e. The highest BCUT2D eigenvalue weighted by Gasteiger charge is 2.29. The average Bonchev–Trinajstić information content (AvgIpc) is 2.28. The first-order valence-corrected chi connectivity index (χ1v) is 7.52. The molecule has 0 bridgehead atoms. The maximum atomic E-state index is 3.71. The largest absolute Gasteiger partial charge is 0.380 e. The van der Waals surface area contributed by atoms with E-state index in [9.17, 15) is 0 Å². The summed E-state index contributed by atoms with van der Waals surface area (Å²) in [7, 11) is 2.02. The number of benzene rings is 1. The van der Waals surface area contributed by atoms with Crippen molar-refractivity contribution in [2.24, 2.45) is 0 Å². The second-order valence-electron chi connectivity index (χ2n) is 6.08. The molecular weight excluding hydrogens is 240 g/mol. The zero-order valence-electron chi connectivity index (χ0n) is 12.0. The molecule has 1 heterocycles. The average molecular weight is 264 g/mol. The van der Waals surface area contributed by atoms with Crippen molar-refractivity contribution in [1.29, 1.82) is 0 Å². The minimum atomic E-state index is 0.189. The van der Waals surface area contributed by atoms with Gasteiger partial charge in [0.05, 0.1) is 5.69 Å². The summed E-state index contributed by atoms with van der Waals surface area (Å²) in [5, 5.41) is 7.59. The van der Waals surface area contributed by atoms with Gasteiger partial charge in [-0.15, -0.1) is 11.8 Å². The van der Waals surface area contributed by atoms with Crippen LogP contribution in [0, 0.1) is 0 Å². The van der Waals surface area contributed by atoms with Gasteiger partial charge in [0.1, 0.15) is 0 Å². The summed E-state index contributed by atoms with van der Waals surface area (Å²) in [4.78, 5) is 1.39. The Kier molecular flexibility index (Phi) is 3.93. The molecule has 2 unspecified atom stereocenters. The Bertz CT molecular complexity index is 423. The monoisotopic (exact) mass is 264 g/mol. The van der Waals surface area contributed by atoms with Crippen LogP contribution < -0.4 is 10.6 Å². The van der Waals surface area contributed by atoms with Crippen molar-refractivity contribution in [1.82, 2.24) is 5.32 Å². The number of anilines is 1. The molecule has 100 valence electrons. The molecule has 3 heteroatoms. The lowest BCUT2D eigenvalue weighted by Gasteiger charge is -2.35. The smallest absolute Gasteiger partial charge is 0.0518 e. The van der Waals surface area contributed by atoms with Gasteiger partial charge in [0.2, 0.25) is 0 Å². The molecule has 0 radical (unpaired) electrons. The van der Waals surface area contributed by atoms with E-state index in [2.05, 4.69) is 56.5 Å². The van der Waals surface area contributed by atoms with E-state index in [-0.39, 0.29) is 5.41 Å². The normalized spacial score (nSPS) is 23.4. The van der Waals surface area contributed by atoms with Gasteiger partial charge in [-0.3, -0.25) is 0 Å². The van der Waals surface area contributed by atoms with Gasteiger partial charge in [0, 0.05) is 22.7 Å². The number of rotatable bonds is 2. The van der Waals surface area contributed by atoms with Gasteiger partial charge in [-0.25, -0.2) is 0 Å². The topological polar surface area (TPSA) is 24.1 Å². The van der Waals surface area contributed by atoms with E-state index in [4.69, 9.17) is 0 Å². The number of hydrogen-bond donors (Lipinski definition) is 2. The van der Waals surface area contributed by atoms with E-state index < -0.39 is 0 Å². The zero-order chi connectivity index (χ0) is 13.3. The third-order valence-corrected chi connectivity index (χ3v) is 4.92. The van der Waals surface area contributed by atoms with E-state index in [0.29, 0.717) is 11.3 Å². The fourth-order valence-electron chi connectivity index (χ4n) is 2.41. The highest BCUT2D eigenvalue weighted by Crippen LogP contribution is 2.42. The predicted molar refractivity (Wildman–Crippen MR) is 81.8 cm³/mol. The van der Waals surface area contributed by atoms with E-state index in [1.165, 1.54) is 16.1 Å². The molecule has 1 aliphatic heterocycles. The standard InChI is InChI=1S/C15H24N2S/c1-10-13(9-16-5)18-12-8-6-7-11(14(12)17-10)15(2,3)4/h6-8,10,13,16-17H,9H2,1-5H3. The van der Waals surface area contributed by atoms with E-state index in [1.54, 1.807) is 0 Å². The molecule has 0 saturated heterocycles. The number of para-hydroxylation sites is 1. The Balaban J connectivity index is 2.36. The van der Waals surface area contributed by atoms with Crippen LogP contribution in [0.3, 0.4) is 0 Å². The van der Waals surface area contributed by atoms with Crippen LogP contribution in [0.15, 0.2) is 23.1 Å². The quantitative estimate of drug-likeness (QED) is 0.855. The fourth-order valence-corrected chi connectivity index (χ4v) is 3.70. The zero-order valence-corrected chi connectivity index (χ0v) is 12.8. The third-order valence-electron chi connectivity index (χ3n) is 3.45. The van der Waals surface area contributed by atoms with Crippen molar-refractivity contribution in [3.63, 3.8) is 0 Å². The molecule has 1 aromatic carbocycles. The number of thioether (sulfide) groups is 1. The molecule has 0 aromatic heterocycles. The summed E-state index contributed by atoms with van der Waals surface area (Å²) in [6.45, 7) is 10.1. The van der Waals surface area contributed by atoms with Crippen molar-refractivity contribution in [3.05, 3.63) is 23.8 Å². The molecule has 0 fully saturated rings. The molecule has 0 amide bonds. The van der Waals surface area contributed by atoms with Crippen molar-refractivity contribution in [2.75, 3.05) is 18.9 Å². The molecule has 2 rings (SSSR count). The molecule has 2 N–H and O–H groups in total. The molecule has 18 heavy (non-hydrogen) atoms. The van der Waals surface area contributed by atoms with Crippen LogP contribution >= 0.6 is 11.8 Å².